The highest BCUT2D eigenvalue weighted by atomic mass is 35.5. The monoisotopic (exact) mass is 806 g/mol. The normalized spacial score (nSPS) is 11.0. The number of fused-ring (bicyclic) bond motifs is 1. The first-order chi connectivity index (χ1) is 27.9. The number of ether oxygens (including phenoxy) is 2. The van der Waals surface area contributed by atoms with Crippen LogP contribution in [0.25, 0.3) is 32.6 Å². The van der Waals surface area contributed by atoms with Crippen molar-refractivity contribution >= 4 is 66.6 Å². The minimum absolute atomic E-state index is 0.128. The highest BCUT2D eigenvalue weighted by Crippen LogP contribution is 2.32. The highest BCUT2D eigenvalue weighted by Gasteiger charge is 2.12. The maximum Gasteiger partial charge on any atom is 0.230 e. The first-order valence-corrected chi connectivity index (χ1v) is 20.2. The summed E-state index contributed by atoms with van der Waals surface area (Å²) in [6.45, 7) is 0.876. The van der Waals surface area contributed by atoms with Crippen molar-refractivity contribution in [3.05, 3.63) is 178 Å². The van der Waals surface area contributed by atoms with Crippen molar-refractivity contribution in [1.82, 2.24) is 9.97 Å². The van der Waals surface area contributed by atoms with Crippen LogP contribution in [0.5, 0.6) is 11.5 Å². The number of nitrogens with one attached hydrogen (secondary N) is 2. The number of rotatable bonds is 14. The topological polar surface area (TPSA) is 102 Å². The quantitative estimate of drug-likeness (QED) is 0.113. The number of thiazole rings is 2. The van der Waals surface area contributed by atoms with Crippen molar-refractivity contribution in [2.75, 3.05) is 10.6 Å². The standard InChI is InChI=1S/C46H35ClN4O4S2/c47-37-16-13-34(14-17-37)41-29-56-45(49-41)50-43(52)24-30-11-20-39(21-12-30)55-28-33-7-4-8-35(23-33)36-15-22-40-42(26-36)57-46(48-40)51-44(53)25-31-9-18-38(19-10-31)54-27-32-5-2-1-3-6-32/h1-23,26,29H,24-25,27-28H2,(H,48,51,53)(H,49,50,52). The van der Waals surface area contributed by atoms with Crippen LogP contribution in [0, 0.1) is 0 Å². The number of hydrogen-bond donors (Lipinski definition) is 2. The smallest absolute Gasteiger partial charge is 0.230 e. The molecule has 0 bridgehead atoms. The van der Waals surface area contributed by atoms with Crippen molar-refractivity contribution in [1.29, 1.82) is 0 Å². The third kappa shape index (κ3) is 10.1. The van der Waals surface area contributed by atoms with Crippen LogP contribution in [-0.2, 0) is 35.6 Å². The largest absolute Gasteiger partial charge is 0.489 e. The van der Waals surface area contributed by atoms with Crippen molar-refractivity contribution in [3.63, 3.8) is 0 Å². The summed E-state index contributed by atoms with van der Waals surface area (Å²) < 4.78 is 13.0. The van der Waals surface area contributed by atoms with Gasteiger partial charge in [-0.05, 0) is 88.0 Å². The van der Waals surface area contributed by atoms with E-state index in [0.29, 0.717) is 34.2 Å². The van der Waals surface area contributed by atoms with Gasteiger partial charge < -0.3 is 20.1 Å². The molecule has 57 heavy (non-hydrogen) atoms. The van der Waals surface area contributed by atoms with Crippen LogP contribution in [0.2, 0.25) is 5.02 Å². The van der Waals surface area contributed by atoms with E-state index in [2.05, 4.69) is 38.8 Å². The molecule has 282 valence electrons. The summed E-state index contributed by atoms with van der Waals surface area (Å²) in [5.41, 5.74) is 8.52. The molecule has 0 saturated carbocycles. The Morgan fingerprint density at radius 1 is 0.561 bits per heavy atom. The second-order valence-electron chi connectivity index (χ2n) is 13.2. The summed E-state index contributed by atoms with van der Waals surface area (Å²) >= 11 is 8.83. The van der Waals surface area contributed by atoms with E-state index in [4.69, 9.17) is 21.1 Å². The van der Waals surface area contributed by atoms with E-state index in [1.807, 2.05) is 133 Å². The number of halogens is 1. The lowest BCUT2D eigenvalue weighted by molar-refractivity contribution is -0.116. The SMILES string of the molecule is O=C(Cc1ccc(OCc2cccc(-c3ccc4nc(NC(=O)Cc5ccc(OCc6ccccc6)cc5)sc4c3)c2)cc1)Nc1nc(-c2ccc(Cl)cc2)cs1. The van der Waals surface area contributed by atoms with Gasteiger partial charge in [-0.2, -0.15) is 0 Å². The van der Waals surface area contributed by atoms with Gasteiger partial charge in [0, 0.05) is 16.0 Å². The molecule has 8 nitrogen and oxygen atoms in total. The van der Waals surface area contributed by atoms with Gasteiger partial charge in [0.05, 0.1) is 28.8 Å². The lowest BCUT2D eigenvalue weighted by Crippen LogP contribution is -2.14. The van der Waals surface area contributed by atoms with Crippen LogP contribution in [-0.4, -0.2) is 21.8 Å². The Morgan fingerprint density at radius 3 is 1.84 bits per heavy atom. The molecular weight excluding hydrogens is 772 g/mol. The van der Waals surface area contributed by atoms with Gasteiger partial charge in [-0.3, -0.25) is 9.59 Å². The molecule has 8 aromatic rings. The number of aromatic nitrogens is 2. The Balaban J connectivity index is 0.816. The van der Waals surface area contributed by atoms with Crippen LogP contribution in [0.1, 0.15) is 22.3 Å². The summed E-state index contributed by atoms with van der Waals surface area (Å²) in [5, 5.41) is 9.54. The number of anilines is 2. The minimum Gasteiger partial charge on any atom is -0.489 e. The average molecular weight is 807 g/mol. The van der Waals surface area contributed by atoms with Gasteiger partial charge >= 0.3 is 0 Å². The number of amides is 2. The molecule has 0 radical (unpaired) electrons. The van der Waals surface area contributed by atoms with Crippen molar-refractivity contribution in [2.24, 2.45) is 0 Å². The van der Waals surface area contributed by atoms with E-state index < -0.39 is 0 Å². The molecule has 0 aliphatic carbocycles. The zero-order chi connectivity index (χ0) is 39.0. The number of carbonyl (C=O) groups excluding carboxylic acids is 2. The van der Waals surface area contributed by atoms with E-state index in [9.17, 15) is 9.59 Å². The van der Waals surface area contributed by atoms with E-state index in [-0.39, 0.29) is 24.7 Å². The first kappa shape index (κ1) is 37.6. The second-order valence-corrected chi connectivity index (χ2v) is 15.6. The van der Waals surface area contributed by atoms with Gasteiger partial charge in [0.2, 0.25) is 11.8 Å². The molecule has 0 unspecified atom stereocenters. The van der Waals surface area contributed by atoms with E-state index in [1.54, 1.807) is 0 Å². The number of carbonyl (C=O) groups is 2. The second kappa shape index (κ2) is 17.6. The van der Waals surface area contributed by atoms with E-state index >= 15 is 0 Å². The molecule has 0 aliphatic rings. The highest BCUT2D eigenvalue weighted by molar-refractivity contribution is 7.22. The van der Waals surface area contributed by atoms with Gasteiger partial charge in [-0.15, -0.1) is 11.3 Å². The Kier molecular flexibility index (Phi) is 11.6. The summed E-state index contributed by atoms with van der Waals surface area (Å²) in [6.07, 6.45) is 0.453. The van der Waals surface area contributed by atoms with Crippen molar-refractivity contribution < 1.29 is 19.1 Å². The molecule has 6 aromatic carbocycles. The Bertz CT molecular complexity index is 2630. The van der Waals surface area contributed by atoms with Crippen molar-refractivity contribution in [2.45, 2.75) is 26.1 Å². The van der Waals surface area contributed by atoms with Gasteiger partial charge in [0.15, 0.2) is 10.3 Å². The van der Waals surface area contributed by atoms with Gasteiger partial charge in [-0.1, -0.05) is 114 Å². The molecule has 0 fully saturated rings. The molecule has 8 rings (SSSR count). The summed E-state index contributed by atoms with van der Waals surface area (Å²) in [4.78, 5) is 34.8. The Morgan fingerprint density at radius 2 is 1.16 bits per heavy atom. The molecule has 0 atom stereocenters. The third-order valence-corrected chi connectivity index (χ3v) is 11.0. The summed E-state index contributed by atoms with van der Waals surface area (Å²) in [6, 6.07) is 46.9. The molecule has 0 saturated heterocycles. The molecule has 2 aromatic heterocycles. The first-order valence-electron chi connectivity index (χ1n) is 18.2. The minimum atomic E-state index is -0.141. The molecular formula is C46H35ClN4O4S2. The fourth-order valence-corrected chi connectivity index (χ4v) is 7.88. The van der Waals surface area contributed by atoms with Gasteiger partial charge in [0.1, 0.15) is 24.7 Å². The Hall–Kier alpha value is -6.33. The van der Waals surface area contributed by atoms with Crippen LogP contribution in [0.15, 0.2) is 151 Å². The van der Waals surface area contributed by atoms with Crippen LogP contribution >= 0.6 is 34.3 Å². The van der Waals surface area contributed by atoms with Crippen LogP contribution in [0.3, 0.4) is 0 Å². The summed E-state index contributed by atoms with van der Waals surface area (Å²) in [5.74, 6) is 1.20. The third-order valence-electron chi connectivity index (χ3n) is 9.02. The van der Waals surface area contributed by atoms with E-state index in [1.165, 1.54) is 22.7 Å². The number of hydrogen-bond acceptors (Lipinski definition) is 8. The number of nitrogens with zero attached hydrogens (tertiary/aromatic N) is 2. The average Bonchev–Trinajstić information content (AvgIpc) is 3.87. The van der Waals surface area contributed by atoms with Gasteiger partial charge in [0.25, 0.3) is 0 Å². The zero-order valence-corrected chi connectivity index (χ0v) is 32.9. The lowest BCUT2D eigenvalue weighted by atomic mass is 10.0. The molecule has 0 spiro atoms. The molecule has 0 aliphatic heterocycles. The molecule has 11 heteroatoms. The lowest BCUT2D eigenvalue weighted by Gasteiger charge is -2.09. The van der Waals surface area contributed by atoms with Crippen molar-refractivity contribution in [3.8, 4) is 33.9 Å². The fourth-order valence-electron chi connectivity index (χ4n) is 6.10. The Labute approximate surface area is 342 Å². The predicted octanol–water partition coefficient (Wildman–Crippen LogP) is 11.3. The number of benzene rings is 6. The van der Waals surface area contributed by atoms with Crippen LogP contribution in [0.4, 0.5) is 10.3 Å². The fraction of sp³-hybridized carbons (Fsp3) is 0.0870. The summed E-state index contributed by atoms with van der Waals surface area (Å²) in [7, 11) is 0. The maximum atomic E-state index is 12.9. The van der Waals surface area contributed by atoms with Crippen LogP contribution < -0.4 is 20.1 Å². The molecule has 2 amide bonds. The maximum absolute atomic E-state index is 12.9. The molecule has 2 N–H and O–H groups in total. The molecule has 2 heterocycles. The predicted molar refractivity (Wildman–Crippen MR) is 230 cm³/mol. The zero-order valence-electron chi connectivity index (χ0n) is 30.5. The van der Waals surface area contributed by atoms with Gasteiger partial charge in [-0.25, -0.2) is 9.97 Å². The van der Waals surface area contributed by atoms with E-state index in [0.717, 1.165) is 60.6 Å².